The van der Waals surface area contributed by atoms with Gasteiger partial charge in [-0.1, -0.05) is 11.8 Å². The SMILES string of the molecule is C(#CC1CC1)c1cncnc1. The van der Waals surface area contributed by atoms with E-state index < -0.39 is 0 Å². The van der Waals surface area contributed by atoms with Crippen LogP contribution in [0.4, 0.5) is 0 Å². The van der Waals surface area contributed by atoms with Gasteiger partial charge in [-0.2, -0.15) is 0 Å². The molecule has 0 atom stereocenters. The van der Waals surface area contributed by atoms with E-state index in [1.165, 1.54) is 19.2 Å². The molecule has 2 heteroatoms. The molecule has 1 aromatic rings. The van der Waals surface area contributed by atoms with E-state index in [1.54, 1.807) is 12.4 Å². The van der Waals surface area contributed by atoms with E-state index in [1.807, 2.05) is 0 Å². The van der Waals surface area contributed by atoms with Crippen LogP contribution < -0.4 is 0 Å². The zero-order valence-corrected chi connectivity index (χ0v) is 6.12. The van der Waals surface area contributed by atoms with Gasteiger partial charge in [0.1, 0.15) is 6.33 Å². The predicted molar refractivity (Wildman–Crippen MR) is 41.6 cm³/mol. The first kappa shape index (κ1) is 6.36. The molecular formula is C9H8N2. The maximum Gasteiger partial charge on any atom is 0.115 e. The molecule has 2 rings (SSSR count). The molecule has 1 saturated carbocycles. The minimum atomic E-state index is 0.648. The molecule has 0 radical (unpaired) electrons. The van der Waals surface area contributed by atoms with Crippen LogP contribution in [0.1, 0.15) is 18.4 Å². The fourth-order valence-corrected chi connectivity index (χ4v) is 0.777. The summed E-state index contributed by atoms with van der Waals surface area (Å²) in [6.45, 7) is 0. The summed E-state index contributed by atoms with van der Waals surface area (Å²) in [6, 6.07) is 0. The van der Waals surface area contributed by atoms with Gasteiger partial charge in [0.15, 0.2) is 0 Å². The van der Waals surface area contributed by atoms with Crippen molar-refractivity contribution in [3.05, 3.63) is 24.3 Å². The summed E-state index contributed by atoms with van der Waals surface area (Å²) in [4.78, 5) is 7.74. The molecule has 1 aliphatic rings. The van der Waals surface area contributed by atoms with E-state index >= 15 is 0 Å². The molecule has 0 unspecified atom stereocenters. The van der Waals surface area contributed by atoms with E-state index in [4.69, 9.17) is 0 Å². The van der Waals surface area contributed by atoms with E-state index in [0.717, 1.165) is 5.56 Å². The van der Waals surface area contributed by atoms with Crippen molar-refractivity contribution in [3.8, 4) is 11.8 Å². The maximum absolute atomic E-state index is 3.87. The van der Waals surface area contributed by atoms with Crippen LogP contribution in [0.3, 0.4) is 0 Å². The first-order chi connectivity index (χ1) is 5.45. The minimum absolute atomic E-state index is 0.648. The highest BCUT2D eigenvalue weighted by Gasteiger charge is 2.17. The first-order valence-electron chi connectivity index (χ1n) is 3.72. The Labute approximate surface area is 65.7 Å². The fraction of sp³-hybridized carbons (Fsp3) is 0.333. The Bertz CT molecular complexity index is 290. The van der Waals surface area contributed by atoms with Crippen LogP contribution in [0.2, 0.25) is 0 Å². The summed E-state index contributed by atoms with van der Waals surface area (Å²) in [5.74, 6) is 6.82. The average Bonchev–Trinajstić information content (AvgIpc) is 2.86. The Hall–Kier alpha value is -1.36. The molecule has 0 bridgehead atoms. The van der Waals surface area contributed by atoms with Gasteiger partial charge in [-0.15, -0.1) is 0 Å². The third kappa shape index (κ3) is 1.78. The molecule has 0 aliphatic heterocycles. The fourth-order valence-electron chi connectivity index (χ4n) is 0.777. The van der Waals surface area contributed by atoms with Gasteiger partial charge in [0.05, 0.1) is 5.56 Å². The molecule has 54 valence electrons. The van der Waals surface area contributed by atoms with Crippen molar-refractivity contribution in [2.45, 2.75) is 12.8 Å². The van der Waals surface area contributed by atoms with Crippen LogP contribution in [-0.2, 0) is 0 Å². The van der Waals surface area contributed by atoms with Crippen molar-refractivity contribution in [2.75, 3.05) is 0 Å². The van der Waals surface area contributed by atoms with Gasteiger partial charge < -0.3 is 0 Å². The summed E-state index contributed by atoms with van der Waals surface area (Å²) in [5.41, 5.74) is 0.916. The van der Waals surface area contributed by atoms with Crippen LogP contribution >= 0.6 is 0 Å². The zero-order valence-electron chi connectivity index (χ0n) is 6.12. The summed E-state index contributed by atoms with van der Waals surface area (Å²) >= 11 is 0. The second-order valence-electron chi connectivity index (χ2n) is 2.67. The van der Waals surface area contributed by atoms with E-state index in [9.17, 15) is 0 Å². The third-order valence-corrected chi connectivity index (χ3v) is 1.56. The lowest BCUT2D eigenvalue weighted by Crippen LogP contribution is -1.79. The Morgan fingerprint density at radius 3 is 2.64 bits per heavy atom. The standard InChI is InChI=1S/C9H8N2/c1-2-8(1)3-4-9-5-10-7-11-6-9/h5-8H,1-2H2. The Kier molecular flexibility index (Phi) is 1.57. The molecule has 0 saturated heterocycles. The molecule has 1 aromatic heterocycles. The molecular weight excluding hydrogens is 136 g/mol. The van der Waals surface area contributed by atoms with Crippen molar-refractivity contribution in [3.63, 3.8) is 0 Å². The molecule has 1 heterocycles. The van der Waals surface area contributed by atoms with Gasteiger partial charge in [-0.3, -0.25) is 0 Å². The normalized spacial score (nSPS) is 15.3. The number of hydrogen-bond acceptors (Lipinski definition) is 2. The van der Waals surface area contributed by atoms with E-state index in [2.05, 4.69) is 21.8 Å². The quantitative estimate of drug-likeness (QED) is 0.512. The summed E-state index contributed by atoms with van der Waals surface area (Å²) in [7, 11) is 0. The Morgan fingerprint density at radius 1 is 1.27 bits per heavy atom. The molecule has 1 fully saturated rings. The first-order valence-corrected chi connectivity index (χ1v) is 3.72. The lowest BCUT2D eigenvalue weighted by molar-refractivity contribution is 1.15. The van der Waals surface area contributed by atoms with E-state index in [0.29, 0.717) is 5.92 Å². The van der Waals surface area contributed by atoms with Gasteiger partial charge in [-0.05, 0) is 12.8 Å². The van der Waals surface area contributed by atoms with Crippen LogP contribution in [0, 0.1) is 17.8 Å². The molecule has 1 aliphatic carbocycles. The molecule has 2 nitrogen and oxygen atoms in total. The highest BCUT2D eigenvalue weighted by Crippen LogP contribution is 2.27. The number of nitrogens with zero attached hydrogens (tertiary/aromatic N) is 2. The number of hydrogen-bond donors (Lipinski definition) is 0. The van der Waals surface area contributed by atoms with Gasteiger partial charge in [0.25, 0.3) is 0 Å². The lowest BCUT2D eigenvalue weighted by atomic mass is 10.3. The van der Waals surface area contributed by atoms with Gasteiger partial charge >= 0.3 is 0 Å². The monoisotopic (exact) mass is 144 g/mol. The maximum atomic E-state index is 3.87. The van der Waals surface area contributed by atoms with Crippen LogP contribution in [0.25, 0.3) is 0 Å². The topological polar surface area (TPSA) is 25.8 Å². The Morgan fingerprint density at radius 2 is 2.00 bits per heavy atom. The van der Waals surface area contributed by atoms with Crippen LogP contribution in [0.15, 0.2) is 18.7 Å². The van der Waals surface area contributed by atoms with Crippen LogP contribution in [0.5, 0.6) is 0 Å². The summed E-state index contributed by atoms with van der Waals surface area (Å²) in [6.07, 6.45) is 7.52. The van der Waals surface area contributed by atoms with E-state index in [-0.39, 0.29) is 0 Å². The summed E-state index contributed by atoms with van der Waals surface area (Å²) in [5, 5.41) is 0. The zero-order chi connectivity index (χ0) is 7.52. The van der Waals surface area contributed by atoms with Gasteiger partial charge in [0.2, 0.25) is 0 Å². The Balaban J connectivity index is 2.12. The molecule has 0 amide bonds. The molecule has 11 heavy (non-hydrogen) atoms. The highest BCUT2D eigenvalue weighted by molar-refractivity contribution is 5.30. The average molecular weight is 144 g/mol. The predicted octanol–water partition coefficient (Wildman–Crippen LogP) is 1.24. The van der Waals surface area contributed by atoms with Gasteiger partial charge in [-0.25, -0.2) is 9.97 Å². The second-order valence-corrected chi connectivity index (χ2v) is 2.67. The largest absolute Gasteiger partial charge is 0.244 e. The van der Waals surface area contributed by atoms with Crippen molar-refractivity contribution >= 4 is 0 Å². The summed E-state index contributed by atoms with van der Waals surface area (Å²) < 4.78 is 0. The van der Waals surface area contributed by atoms with Crippen molar-refractivity contribution in [2.24, 2.45) is 5.92 Å². The number of rotatable bonds is 0. The minimum Gasteiger partial charge on any atom is -0.244 e. The molecule has 0 spiro atoms. The van der Waals surface area contributed by atoms with Crippen LogP contribution in [-0.4, -0.2) is 9.97 Å². The smallest absolute Gasteiger partial charge is 0.115 e. The highest BCUT2D eigenvalue weighted by atomic mass is 14.8. The molecule has 0 aromatic carbocycles. The van der Waals surface area contributed by atoms with Crippen molar-refractivity contribution < 1.29 is 0 Å². The lowest BCUT2D eigenvalue weighted by Gasteiger charge is -1.83. The van der Waals surface area contributed by atoms with Crippen molar-refractivity contribution in [1.29, 1.82) is 0 Å². The molecule has 0 N–H and O–H groups in total. The van der Waals surface area contributed by atoms with Crippen molar-refractivity contribution in [1.82, 2.24) is 9.97 Å². The van der Waals surface area contributed by atoms with Gasteiger partial charge in [0, 0.05) is 18.3 Å². The number of aromatic nitrogens is 2. The third-order valence-electron chi connectivity index (χ3n) is 1.56. The second kappa shape index (κ2) is 2.71.